The summed E-state index contributed by atoms with van der Waals surface area (Å²) in [7, 11) is 0. The van der Waals surface area contributed by atoms with Crippen molar-refractivity contribution in [2.24, 2.45) is 0 Å². The predicted octanol–water partition coefficient (Wildman–Crippen LogP) is 7.65. The first-order valence-corrected chi connectivity index (χ1v) is 11.7. The van der Waals surface area contributed by atoms with Crippen LogP contribution < -0.4 is 15.4 Å². The number of benzene rings is 2. The van der Waals surface area contributed by atoms with Crippen molar-refractivity contribution >= 4 is 23.1 Å². The van der Waals surface area contributed by atoms with Gasteiger partial charge in [-0.25, -0.2) is 4.98 Å². The minimum Gasteiger partial charge on any atom is -0.490 e. The first kappa shape index (κ1) is 23.9. The van der Waals surface area contributed by atoms with E-state index in [1.54, 1.807) is 18.2 Å². The Hall–Kier alpha value is -3.29. The van der Waals surface area contributed by atoms with Crippen molar-refractivity contribution < 1.29 is 17.9 Å². The third-order valence-corrected chi connectivity index (χ3v) is 5.82. The lowest BCUT2D eigenvalue weighted by molar-refractivity contribution is -0.137. The third-order valence-electron chi connectivity index (χ3n) is 5.82. The van der Waals surface area contributed by atoms with Gasteiger partial charge in [-0.15, -0.1) is 0 Å². The molecule has 5 nitrogen and oxygen atoms in total. The largest absolute Gasteiger partial charge is 0.490 e. The average molecular weight is 471 g/mol. The van der Waals surface area contributed by atoms with Gasteiger partial charge >= 0.3 is 6.18 Å². The summed E-state index contributed by atoms with van der Waals surface area (Å²) in [6.45, 7) is 2.10. The maximum atomic E-state index is 13.6. The normalized spacial score (nSPS) is 14.2. The summed E-state index contributed by atoms with van der Waals surface area (Å²) in [5.74, 6) is 0.553. The molecular weight excluding hydrogens is 441 g/mol. The first-order valence-electron chi connectivity index (χ1n) is 11.7. The molecule has 0 bridgehead atoms. The van der Waals surface area contributed by atoms with Gasteiger partial charge in [0.15, 0.2) is 0 Å². The molecule has 0 spiro atoms. The summed E-state index contributed by atoms with van der Waals surface area (Å²) in [4.78, 5) is 8.04. The Kier molecular flexibility index (Phi) is 7.55. The molecular formula is C26H29F3N4O. The van der Waals surface area contributed by atoms with Gasteiger partial charge in [0.1, 0.15) is 17.1 Å². The SMILES string of the molecule is CCCCc1cccc(Nc2nc(Nc3ccc(OC4CCCC4)cc3)ncc2C(F)(F)F)c1. The molecule has 1 aliphatic rings. The number of aromatic nitrogens is 2. The number of alkyl halides is 3. The minimum atomic E-state index is -4.58. The molecule has 1 aliphatic carbocycles. The van der Waals surface area contributed by atoms with E-state index < -0.39 is 11.7 Å². The van der Waals surface area contributed by atoms with Crippen molar-refractivity contribution in [2.45, 2.75) is 64.1 Å². The molecule has 0 radical (unpaired) electrons. The standard InChI is InChI=1S/C26H29F3N4O/c1-2-3-7-18-8-6-9-20(16-18)31-24-23(26(27,28)29)17-30-25(33-24)32-19-12-14-22(15-13-19)34-21-10-4-5-11-21/h6,8-9,12-17,21H,2-5,7,10-11H2,1H3,(H2,30,31,32,33). The lowest BCUT2D eigenvalue weighted by Crippen LogP contribution is -2.13. The zero-order chi connectivity index (χ0) is 24.0. The van der Waals surface area contributed by atoms with Crippen LogP contribution in [0.1, 0.15) is 56.6 Å². The van der Waals surface area contributed by atoms with Crippen LogP contribution in [-0.2, 0) is 12.6 Å². The number of halogens is 3. The van der Waals surface area contributed by atoms with Crippen LogP contribution in [0.25, 0.3) is 0 Å². The zero-order valence-electron chi connectivity index (χ0n) is 19.2. The van der Waals surface area contributed by atoms with Gasteiger partial charge in [-0.3, -0.25) is 0 Å². The van der Waals surface area contributed by atoms with Crippen LogP contribution in [0, 0.1) is 0 Å². The van der Waals surface area contributed by atoms with E-state index in [-0.39, 0.29) is 17.9 Å². The molecule has 0 amide bonds. The Bertz CT molecular complexity index is 1080. The Balaban J connectivity index is 1.51. The summed E-state index contributed by atoms with van der Waals surface area (Å²) >= 11 is 0. The van der Waals surface area contributed by atoms with Crippen LogP contribution in [0.4, 0.5) is 36.3 Å². The van der Waals surface area contributed by atoms with E-state index in [1.807, 2.05) is 30.3 Å². The van der Waals surface area contributed by atoms with Gasteiger partial charge in [0.2, 0.25) is 5.95 Å². The topological polar surface area (TPSA) is 59.1 Å². The van der Waals surface area contributed by atoms with Gasteiger partial charge in [0.05, 0.1) is 6.10 Å². The molecule has 180 valence electrons. The molecule has 1 heterocycles. The van der Waals surface area contributed by atoms with E-state index in [9.17, 15) is 13.2 Å². The number of nitrogens with one attached hydrogen (secondary N) is 2. The summed E-state index contributed by atoms with van der Waals surface area (Å²) in [5, 5.41) is 5.82. The van der Waals surface area contributed by atoms with Crippen molar-refractivity contribution in [3.8, 4) is 5.75 Å². The number of unbranched alkanes of at least 4 members (excludes halogenated alkanes) is 1. The first-order chi connectivity index (χ1) is 16.4. The van der Waals surface area contributed by atoms with Crippen LogP contribution in [0.15, 0.2) is 54.7 Å². The number of hydrogen-bond donors (Lipinski definition) is 2. The highest BCUT2D eigenvalue weighted by Crippen LogP contribution is 2.35. The molecule has 3 aromatic rings. The number of anilines is 4. The van der Waals surface area contributed by atoms with Crippen LogP contribution in [0.5, 0.6) is 5.75 Å². The number of aryl methyl sites for hydroxylation is 1. The highest BCUT2D eigenvalue weighted by molar-refractivity contribution is 5.63. The monoisotopic (exact) mass is 470 g/mol. The fraction of sp³-hybridized carbons (Fsp3) is 0.385. The summed E-state index contributed by atoms with van der Waals surface area (Å²) in [6, 6.07) is 14.7. The van der Waals surface area contributed by atoms with Gasteiger partial charge in [-0.1, -0.05) is 25.5 Å². The van der Waals surface area contributed by atoms with Crippen LogP contribution in [-0.4, -0.2) is 16.1 Å². The quantitative estimate of drug-likeness (QED) is 0.336. The van der Waals surface area contributed by atoms with Crippen LogP contribution in [0.2, 0.25) is 0 Å². The second-order valence-electron chi connectivity index (χ2n) is 8.56. The summed E-state index contributed by atoms with van der Waals surface area (Å²) in [6.07, 6.45) is 3.92. The van der Waals surface area contributed by atoms with E-state index in [2.05, 4.69) is 27.5 Å². The van der Waals surface area contributed by atoms with E-state index >= 15 is 0 Å². The van der Waals surface area contributed by atoms with Gasteiger partial charge in [-0.2, -0.15) is 18.2 Å². The minimum absolute atomic E-state index is 0.0714. The van der Waals surface area contributed by atoms with Crippen LogP contribution in [0.3, 0.4) is 0 Å². The fourth-order valence-electron chi connectivity index (χ4n) is 4.01. The highest BCUT2D eigenvalue weighted by Gasteiger charge is 2.35. The Morgan fingerprint density at radius 3 is 2.47 bits per heavy atom. The molecule has 1 saturated carbocycles. The van der Waals surface area contributed by atoms with Crippen LogP contribution >= 0.6 is 0 Å². The zero-order valence-corrected chi connectivity index (χ0v) is 19.2. The second-order valence-corrected chi connectivity index (χ2v) is 8.56. The molecule has 2 N–H and O–H groups in total. The van der Waals surface area contributed by atoms with Gasteiger partial charge < -0.3 is 15.4 Å². The van der Waals surface area contributed by atoms with Crippen molar-refractivity contribution in [2.75, 3.05) is 10.6 Å². The Labute approximate surface area is 197 Å². The molecule has 0 aliphatic heterocycles. The van der Waals surface area contributed by atoms with Crippen molar-refractivity contribution in [1.82, 2.24) is 9.97 Å². The maximum Gasteiger partial charge on any atom is 0.421 e. The van der Waals surface area contributed by atoms with E-state index in [0.717, 1.165) is 49.6 Å². The smallest absolute Gasteiger partial charge is 0.421 e. The Morgan fingerprint density at radius 1 is 1.00 bits per heavy atom. The fourth-order valence-corrected chi connectivity index (χ4v) is 4.01. The molecule has 34 heavy (non-hydrogen) atoms. The molecule has 1 fully saturated rings. The van der Waals surface area contributed by atoms with Gasteiger partial charge in [0, 0.05) is 17.6 Å². The maximum absolute atomic E-state index is 13.6. The van der Waals surface area contributed by atoms with Crippen molar-refractivity contribution in [1.29, 1.82) is 0 Å². The van der Waals surface area contributed by atoms with E-state index in [1.165, 1.54) is 12.8 Å². The molecule has 1 aromatic heterocycles. The number of hydrogen-bond acceptors (Lipinski definition) is 5. The number of ether oxygens (including phenoxy) is 1. The van der Waals surface area contributed by atoms with Gasteiger partial charge in [-0.05, 0) is 80.5 Å². The number of nitrogens with zero attached hydrogens (tertiary/aromatic N) is 2. The summed E-state index contributed by atoms with van der Waals surface area (Å²) in [5.41, 5.74) is 1.35. The molecule has 8 heteroatoms. The molecule has 2 aromatic carbocycles. The Morgan fingerprint density at radius 2 is 1.76 bits per heavy atom. The lowest BCUT2D eigenvalue weighted by atomic mass is 10.1. The van der Waals surface area contributed by atoms with E-state index in [0.29, 0.717) is 11.4 Å². The predicted molar refractivity (Wildman–Crippen MR) is 128 cm³/mol. The highest BCUT2D eigenvalue weighted by atomic mass is 19.4. The third kappa shape index (κ3) is 6.40. The lowest BCUT2D eigenvalue weighted by Gasteiger charge is -2.16. The molecule has 0 unspecified atom stereocenters. The van der Waals surface area contributed by atoms with Crippen molar-refractivity contribution in [3.05, 3.63) is 65.9 Å². The van der Waals surface area contributed by atoms with Gasteiger partial charge in [0.25, 0.3) is 0 Å². The molecule has 0 saturated heterocycles. The summed E-state index contributed by atoms with van der Waals surface area (Å²) < 4.78 is 46.8. The second kappa shape index (κ2) is 10.8. The number of rotatable bonds is 9. The molecule has 0 atom stereocenters. The molecule has 4 rings (SSSR count). The van der Waals surface area contributed by atoms with E-state index in [4.69, 9.17) is 4.74 Å². The average Bonchev–Trinajstić information content (AvgIpc) is 3.32. The van der Waals surface area contributed by atoms with Crippen molar-refractivity contribution in [3.63, 3.8) is 0 Å².